The van der Waals surface area contributed by atoms with Gasteiger partial charge >= 0.3 is 0 Å². The lowest BCUT2D eigenvalue weighted by atomic mass is 10.1. The Bertz CT molecular complexity index is 328. The molecule has 0 aromatic heterocycles. The predicted octanol–water partition coefficient (Wildman–Crippen LogP) is 0.0187. The third kappa shape index (κ3) is 2.34. The summed E-state index contributed by atoms with van der Waals surface area (Å²) in [4.78, 5) is 2.18. The van der Waals surface area contributed by atoms with Crippen LogP contribution in [0, 0.1) is 0 Å². The highest BCUT2D eigenvalue weighted by Gasteiger charge is 2.37. The molecular formula is C10H19NO3S. The van der Waals surface area contributed by atoms with Gasteiger partial charge in [0.15, 0.2) is 9.84 Å². The molecule has 5 heteroatoms. The fourth-order valence-electron chi connectivity index (χ4n) is 2.81. The van der Waals surface area contributed by atoms with E-state index in [9.17, 15) is 13.5 Å². The maximum atomic E-state index is 11.4. The third-order valence-corrected chi connectivity index (χ3v) is 5.39. The van der Waals surface area contributed by atoms with Gasteiger partial charge in [-0.05, 0) is 26.2 Å². The Labute approximate surface area is 91.2 Å². The Balaban J connectivity index is 2.05. The van der Waals surface area contributed by atoms with Crippen LogP contribution in [-0.2, 0) is 9.84 Å². The van der Waals surface area contributed by atoms with Crippen LogP contribution in [0.15, 0.2) is 0 Å². The van der Waals surface area contributed by atoms with E-state index >= 15 is 0 Å². The van der Waals surface area contributed by atoms with E-state index in [0.29, 0.717) is 6.54 Å². The molecule has 1 heterocycles. The van der Waals surface area contributed by atoms with Crippen molar-refractivity contribution in [2.24, 2.45) is 0 Å². The average molecular weight is 233 g/mol. The van der Waals surface area contributed by atoms with Gasteiger partial charge in [0.1, 0.15) is 0 Å². The molecule has 1 aliphatic carbocycles. The molecule has 1 saturated heterocycles. The molecule has 1 aliphatic heterocycles. The molecule has 4 nitrogen and oxygen atoms in total. The van der Waals surface area contributed by atoms with Crippen molar-refractivity contribution in [2.45, 2.75) is 44.4 Å². The molecule has 0 amide bonds. The summed E-state index contributed by atoms with van der Waals surface area (Å²) in [6.07, 6.45) is 2.67. The summed E-state index contributed by atoms with van der Waals surface area (Å²) in [5, 5.41) is 9.80. The quantitative estimate of drug-likeness (QED) is 0.693. The van der Waals surface area contributed by atoms with E-state index in [0.717, 1.165) is 19.3 Å². The van der Waals surface area contributed by atoms with E-state index in [4.69, 9.17) is 0 Å². The zero-order chi connectivity index (χ0) is 11.1. The van der Waals surface area contributed by atoms with E-state index in [1.807, 2.05) is 6.92 Å². The number of aliphatic hydroxyl groups excluding tert-OH is 1. The molecule has 0 aromatic rings. The molecule has 1 saturated carbocycles. The van der Waals surface area contributed by atoms with Gasteiger partial charge in [-0.3, -0.25) is 4.90 Å². The van der Waals surface area contributed by atoms with Gasteiger partial charge < -0.3 is 5.11 Å². The Morgan fingerprint density at radius 2 is 2.07 bits per heavy atom. The summed E-state index contributed by atoms with van der Waals surface area (Å²) in [7, 11) is -2.84. The Kier molecular flexibility index (Phi) is 3.05. The summed E-state index contributed by atoms with van der Waals surface area (Å²) in [6.45, 7) is 2.53. The van der Waals surface area contributed by atoms with Gasteiger partial charge in [-0.1, -0.05) is 0 Å². The summed E-state index contributed by atoms with van der Waals surface area (Å²) >= 11 is 0. The minimum atomic E-state index is -2.84. The van der Waals surface area contributed by atoms with Crippen LogP contribution in [0.25, 0.3) is 0 Å². The van der Waals surface area contributed by atoms with E-state index in [-0.39, 0.29) is 29.7 Å². The molecule has 0 radical (unpaired) electrons. The maximum absolute atomic E-state index is 11.4. The zero-order valence-electron chi connectivity index (χ0n) is 9.09. The second kappa shape index (κ2) is 4.03. The summed E-state index contributed by atoms with van der Waals surface area (Å²) in [5.41, 5.74) is 0. The fourth-order valence-corrected chi connectivity index (χ4v) is 4.39. The first-order chi connectivity index (χ1) is 6.99. The van der Waals surface area contributed by atoms with E-state index in [1.54, 1.807) is 0 Å². The van der Waals surface area contributed by atoms with Crippen LogP contribution in [0.4, 0.5) is 0 Å². The fraction of sp³-hybridized carbons (Fsp3) is 1.00. The molecule has 15 heavy (non-hydrogen) atoms. The van der Waals surface area contributed by atoms with E-state index in [2.05, 4.69) is 4.90 Å². The second-order valence-corrected chi connectivity index (χ2v) is 7.00. The molecule has 0 aromatic carbocycles. The molecule has 3 atom stereocenters. The molecule has 3 unspecified atom stereocenters. The summed E-state index contributed by atoms with van der Waals surface area (Å²) in [6, 6.07) is 0.247. The smallest absolute Gasteiger partial charge is 0.153 e. The lowest BCUT2D eigenvalue weighted by Crippen LogP contribution is -2.53. The topological polar surface area (TPSA) is 57.6 Å². The first-order valence-corrected chi connectivity index (χ1v) is 7.46. The SMILES string of the molecule is CC1CS(=O)(=O)CCN1C1CCCC1O. The maximum Gasteiger partial charge on any atom is 0.153 e. The molecule has 2 fully saturated rings. The number of rotatable bonds is 1. The predicted molar refractivity (Wildman–Crippen MR) is 58.5 cm³/mol. The highest BCUT2D eigenvalue weighted by Crippen LogP contribution is 2.27. The van der Waals surface area contributed by atoms with Crippen LogP contribution in [0.1, 0.15) is 26.2 Å². The van der Waals surface area contributed by atoms with Gasteiger partial charge in [-0.2, -0.15) is 0 Å². The number of hydrogen-bond acceptors (Lipinski definition) is 4. The average Bonchev–Trinajstić information content (AvgIpc) is 2.50. The Hall–Kier alpha value is -0.130. The van der Waals surface area contributed by atoms with E-state index in [1.165, 1.54) is 0 Å². The number of nitrogens with zero attached hydrogens (tertiary/aromatic N) is 1. The molecule has 2 aliphatic rings. The Morgan fingerprint density at radius 1 is 1.33 bits per heavy atom. The van der Waals surface area contributed by atoms with Crippen LogP contribution in [-0.4, -0.2) is 54.7 Å². The van der Waals surface area contributed by atoms with Gasteiger partial charge in [0.2, 0.25) is 0 Å². The van der Waals surface area contributed by atoms with Crippen molar-refractivity contribution >= 4 is 9.84 Å². The monoisotopic (exact) mass is 233 g/mol. The normalized spacial score (nSPS) is 41.9. The Morgan fingerprint density at radius 3 is 2.60 bits per heavy atom. The highest BCUT2D eigenvalue weighted by atomic mass is 32.2. The third-order valence-electron chi connectivity index (χ3n) is 3.59. The summed E-state index contributed by atoms with van der Waals surface area (Å²) in [5.74, 6) is 0.497. The largest absolute Gasteiger partial charge is 0.391 e. The molecule has 0 spiro atoms. The van der Waals surface area contributed by atoms with E-state index < -0.39 is 9.84 Å². The first-order valence-electron chi connectivity index (χ1n) is 5.64. The van der Waals surface area contributed by atoms with Gasteiger partial charge in [0.05, 0.1) is 17.6 Å². The lowest BCUT2D eigenvalue weighted by Gasteiger charge is -2.39. The van der Waals surface area contributed by atoms with Crippen molar-refractivity contribution in [3.63, 3.8) is 0 Å². The summed E-state index contributed by atoms with van der Waals surface area (Å²) < 4.78 is 22.8. The van der Waals surface area contributed by atoms with Crippen LogP contribution in [0.3, 0.4) is 0 Å². The molecular weight excluding hydrogens is 214 g/mol. The molecule has 88 valence electrons. The number of aliphatic hydroxyl groups is 1. The van der Waals surface area contributed by atoms with Gasteiger partial charge in [-0.15, -0.1) is 0 Å². The van der Waals surface area contributed by atoms with Gasteiger partial charge in [0.25, 0.3) is 0 Å². The molecule has 2 rings (SSSR count). The molecule has 1 N–H and O–H groups in total. The van der Waals surface area contributed by atoms with Crippen molar-refractivity contribution in [2.75, 3.05) is 18.1 Å². The van der Waals surface area contributed by atoms with Gasteiger partial charge in [0, 0.05) is 18.6 Å². The van der Waals surface area contributed by atoms with Crippen molar-refractivity contribution < 1.29 is 13.5 Å². The van der Waals surface area contributed by atoms with Crippen LogP contribution >= 0.6 is 0 Å². The molecule has 0 bridgehead atoms. The van der Waals surface area contributed by atoms with Gasteiger partial charge in [-0.25, -0.2) is 8.42 Å². The van der Waals surface area contributed by atoms with Crippen LogP contribution in [0.2, 0.25) is 0 Å². The van der Waals surface area contributed by atoms with Crippen molar-refractivity contribution in [1.82, 2.24) is 4.90 Å². The minimum absolute atomic E-state index is 0.0569. The van der Waals surface area contributed by atoms with Crippen molar-refractivity contribution in [3.05, 3.63) is 0 Å². The van der Waals surface area contributed by atoms with Crippen molar-refractivity contribution in [3.8, 4) is 0 Å². The first kappa shape index (κ1) is 11.4. The second-order valence-electron chi connectivity index (χ2n) is 4.77. The van der Waals surface area contributed by atoms with Crippen molar-refractivity contribution in [1.29, 1.82) is 0 Å². The number of hydrogen-bond donors (Lipinski definition) is 1. The van der Waals surface area contributed by atoms with Crippen LogP contribution < -0.4 is 0 Å². The zero-order valence-corrected chi connectivity index (χ0v) is 9.91. The van der Waals surface area contributed by atoms with Crippen LogP contribution in [0.5, 0.6) is 0 Å². The highest BCUT2D eigenvalue weighted by molar-refractivity contribution is 7.91. The minimum Gasteiger partial charge on any atom is -0.391 e. The lowest BCUT2D eigenvalue weighted by molar-refractivity contribution is 0.0540. The number of sulfone groups is 1. The standard InChI is InChI=1S/C10H19NO3S/c1-8-7-15(13,14)6-5-11(8)9-3-2-4-10(9)12/h8-10,12H,2-7H2,1H3.